The molecule has 0 bridgehead atoms. The predicted octanol–water partition coefficient (Wildman–Crippen LogP) is 3.80. The van der Waals surface area contributed by atoms with Gasteiger partial charge < -0.3 is 4.79 Å². The fourth-order valence-electron chi connectivity index (χ4n) is 2.16. The second kappa shape index (κ2) is 6.56. The summed E-state index contributed by atoms with van der Waals surface area (Å²) in [6.07, 6.45) is -4.12. The van der Waals surface area contributed by atoms with E-state index in [2.05, 4.69) is 0 Å². The normalized spacial score (nSPS) is 12.7. The average Bonchev–Trinajstić information content (AvgIpc) is 2.48. The fraction of sp³-hybridized carbons (Fsp3) is 0.176. The van der Waals surface area contributed by atoms with Crippen LogP contribution in [0.1, 0.15) is 22.6 Å². The zero-order valence-corrected chi connectivity index (χ0v) is 11.5. The lowest BCUT2D eigenvalue weighted by atomic mass is 9.91. The SMILES string of the molecule is O=CC(C(=O)Cc1ccccc1)c1cccc(C(F)(F)F)c1. The Morgan fingerprint density at radius 1 is 1.05 bits per heavy atom. The van der Waals surface area contributed by atoms with Crippen LogP contribution in [-0.2, 0) is 22.2 Å². The van der Waals surface area contributed by atoms with E-state index < -0.39 is 23.4 Å². The van der Waals surface area contributed by atoms with Crippen LogP contribution < -0.4 is 0 Å². The maximum absolute atomic E-state index is 12.7. The Morgan fingerprint density at radius 3 is 2.32 bits per heavy atom. The van der Waals surface area contributed by atoms with Gasteiger partial charge in [0.25, 0.3) is 0 Å². The largest absolute Gasteiger partial charge is 0.416 e. The first-order valence-corrected chi connectivity index (χ1v) is 6.61. The molecule has 0 N–H and O–H groups in total. The van der Waals surface area contributed by atoms with E-state index in [1.165, 1.54) is 12.1 Å². The standard InChI is InChI=1S/C17H13F3O2/c18-17(19,20)14-8-4-7-13(10-14)15(11-21)16(22)9-12-5-2-1-3-6-12/h1-8,10-11,15H,9H2. The van der Waals surface area contributed by atoms with Crippen LogP contribution in [0.15, 0.2) is 54.6 Å². The van der Waals surface area contributed by atoms with E-state index in [9.17, 15) is 22.8 Å². The van der Waals surface area contributed by atoms with E-state index in [-0.39, 0.29) is 12.0 Å². The molecule has 0 heterocycles. The number of Topliss-reactive ketones (excluding diaryl/α,β-unsaturated/α-hetero) is 1. The molecule has 0 aromatic heterocycles. The van der Waals surface area contributed by atoms with Crippen LogP contribution in [0.25, 0.3) is 0 Å². The van der Waals surface area contributed by atoms with Crippen LogP contribution in [0, 0.1) is 0 Å². The number of carbonyl (C=O) groups excluding carboxylic acids is 2. The maximum atomic E-state index is 12.7. The number of hydrogen-bond acceptors (Lipinski definition) is 2. The van der Waals surface area contributed by atoms with Gasteiger partial charge in [-0.25, -0.2) is 0 Å². The number of aldehydes is 1. The highest BCUT2D eigenvalue weighted by atomic mass is 19.4. The molecule has 0 saturated heterocycles. The molecule has 114 valence electrons. The Balaban J connectivity index is 2.25. The first-order chi connectivity index (χ1) is 10.4. The summed E-state index contributed by atoms with van der Waals surface area (Å²) in [5.74, 6) is -1.62. The minimum Gasteiger partial charge on any atom is -0.302 e. The third-order valence-electron chi connectivity index (χ3n) is 3.28. The Bertz CT molecular complexity index is 663. The van der Waals surface area contributed by atoms with Gasteiger partial charge in [0.15, 0.2) is 5.78 Å². The number of rotatable bonds is 5. The lowest BCUT2D eigenvalue weighted by molar-refractivity contribution is -0.138. The number of benzene rings is 2. The van der Waals surface area contributed by atoms with Gasteiger partial charge in [0.05, 0.1) is 11.5 Å². The van der Waals surface area contributed by atoms with Crippen molar-refractivity contribution < 1.29 is 22.8 Å². The van der Waals surface area contributed by atoms with E-state index >= 15 is 0 Å². The molecule has 2 nitrogen and oxygen atoms in total. The molecule has 1 unspecified atom stereocenters. The van der Waals surface area contributed by atoms with E-state index in [1.54, 1.807) is 30.3 Å². The molecular weight excluding hydrogens is 293 g/mol. The van der Waals surface area contributed by atoms with Gasteiger partial charge in [0.1, 0.15) is 6.29 Å². The molecule has 2 rings (SSSR count). The van der Waals surface area contributed by atoms with Gasteiger partial charge in [-0.05, 0) is 17.2 Å². The number of hydrogen-bond donors (Lipinski definition) is 0. The molecule has 5 heteroatoms. The zero-order valence-electron chi connectivity index (χ0n) is 11.5. The molecule has 0 aliphatic carbocycles. The van der Waals surface area contributed by atoms with Gasteiger partial charge in [0, 0.05) is 6.42 Å². The Kier molecular flexibility index (Phi) is 4.75. The lowest BCUT2D eigenvalue weighted by Crippen LogP contribution is -2.17. The molecule has 1 atom stereocenters. The first-order valence-electron chi connectivity index (χ1n) is 6.61. The molecule has 0 radical (unpaired) electrons. The van der Waals surface area contributed by atoms with E-state index in [0.29, 0.717) is 11.8 Å². The third kappa shape index (κ3) is 3.81. The minimum absolute atomic E-state index is 0.000488. The molecule has 0 saturated carbocycles. The minimum atomic E-state index is -4.51. The van der Waals surface area contributed by atoms with Crippen LogP contribution >= 0.6 is 0 Å². The van der Waals surface area contributed by atoms with Crippen LogP contribution in [-0.4, -0.2) is 12.1 Å². The molecule has 2 aromatic rings. The molecule has 0 aliphatic rings. The molecule has 0 aliphatic heterocycles. The molecule has 22 heavy (non-hydrogen) atoms. The topological polar surface area (TPSA) is 34.1 Å². The van der Waals surface area contributed by atoms with Crippen LogP contribution in [0.5, 0.6) is 0 Å². The van der Waals surface area contributed by atoms with Gasteiger partial charge in [-0.2, -0.15) is 13.2 Å². The predicted molar refractivity (Wildman–Crippen MR) is 75.4 cm³/mol. The van der Waals surface area contributed by atoms with Crippen molar-refractivity contribution in [2.75, 3.05) is 0 Å². The number of alkyl halides is 3. The van der Waals surface area contributed by atoms with E-state index in [0.717, 1.165) is 12.1 Å². The van der Waals surface area contributed by atoms with Crippen molar-refractivity contribution >= 4 is 12.1 Å². The van der Waals surface area contributed by atoms with Crippen molar-refractivity contribution in [3.05, 3.63) is 71.3 Å². The molecule has 0 spiro atoms. The lowest BCUT2D eigenvalue weighted by Gasteiger charge is -2.13. The number of halogens is 3. The van der Waals surface area contributed by atoms with E-state index in [1.807, 2.05) is 0 Å². The number of ketones is 1. The fourth-order valence-corrected chi connectivity index (χ4v) is 2.16. The second-order valence-corrected chi connectivity index (χ2v) is 4.87. The highest BCUT2D eigenvalue weighted by Gasteiger charge is 2.31. The molecule has 0 fully saturated rings. The van der Waals surface area contributed by atoms with Crippen LogP contribution in [0.3, 0.4) is 0 Å². The molecule has 0 amide bonds. The quantitative estimate of drug-likeness (QED) is 0.622. The van der Waals surface area contributed by atoms with Crippen molar-refractivity contribution in [1.82, 2.24) is 0 Å². The zero-order chi connectivity index (χ0) is 16.2. The van der Waals surface area contributed by atoms with Crippen LogP contribution in [0.4, 0.5) is 13.2 Å². The van der Waals surface area contributed by atoms with Gasteiger partial charge in [-0.15, -0.1) is 0 Å². The monoisotopic (exact) mass is 306 g/mol. The van der Waals surface area contributed by atoms with Gasteiger partial charge >= 0.3 is 6.18 Å². The second-order valence-electron chi connectivity index (χ2n) is 4.87. The van der Waals surface area contributed by atoms with Crippen molar-refractivity contribution in [3.63, 3.8) is 0 Å². The van der Waals surface area contributed by atoms with E-state index in [4.69, 9.17) is 0 Å². The summed E-state index contributed by atoms with van der Waals surface area (Å²) >= 11 is 0. The highest BCUT2D eigenvalue weighted by Crippen LogP contribution is 2.31. The third-order valence-corrected chi connectivity index (χ3v) is 3.28. The van der Waals surface area contributed by atoms with Gasteiger partial charge in [-0.3, -0.25) is 4.79 Å². The van der Waals surface area contributed by atoms with Crippen molar-refractivity contribution in [2.24, 2.45) is 0 Å². The smallest absolute Gasteiger partial charge is 0.302 e. The van der Waals surface area contributed by atoms with Gasteiger partial charge in [0.2, 0.25) is 0 Å². The Labute approximate surface area is 125 Å². The summed E-state index contributed by atoms with van der Waals surface area (Å²) in [6.45, 7) is 0. The number of carbonyl (C=O) groups is 2. The Morgan fingerprint density at radius 2 is 1.73 bits per heavy atom. The Hall–Kier alpha value is -2.43. The summed E-state index contributed by atoms with van der Waals surface area (Å²) in [6, 6.07) is 13.1. The van der Waals surface area contributed by atoms with Crippen molar-refractivity contribution in [1.29, 1.82) is 0 Å². The highest BCUT2D eigenvalue weighted by molar-refractivity contribution is 6.00. The summed E-state index contributed by atoms with van der Waals surface area (Å²) < 4.78 is 38.1. The summed E-state index contributed by atoms with van der Waals surface area (Å²) in [5.41, 5.74) is -0.0959. The summed E-state index contributed by atoms with van der Waals surface area (Å²) in [7, 11) is 0. The average molecular weight is 306 g/mol. The summed E-state index contributed by atoms with van der Waals surface area (Å²) in [5, 5.41) is 0. The summed E-state index contributed by atoms with van der Waals surface area (Å²) in [4.78, 5) is 23.4. The van der Waals surface area contributed by atoms with Crippen LogP contribution in [0.2, 0.25) is 0 Å². The van der Waals surface area contributed by atoms with Crippen molar-refractivity contribution in [2.45, 2.75) is 18.5 Å². The maximum Gasteiger partial charge on any atom is 0.416 e. The van der Waals surface area contributed by atoms with Gasteiger partial charge in [-0.1, -0.05) is 48.5 Å². The first kappa shape index (κ1) is 15.9. The molecular formula is C17H13F3O2. The molecule has 2 aromatic carbocycles. The van der Waals surface area contributed by atoms with Crippen molar-refractivity contribution in [3.8, 4) is 0 Å².